The van der Waals surface area contributed by atoms with Crippen molar-refractivity contribution in [2.45, 2.75) is 32.1 Å². The first kappa shape index (κ1) is 20.3. The molecule has 152 valence electrons. The normalized spacial score (nSPS) is 20.3. The molecule has 7 nitrogen and oxygen atoms in total. The van der Waals surface area contributed by atoms with Crippen LogP contribution in [-0.2, 0) is 16.0 Å². The van der Waals surface area contributed by atoms with Crippen molar-refractivity contribution in [2.75, 3.05) is 40.3 Å². The highest BCUT2D eigenvalue weighted by molar-refractivity contribution is 6.39. The Hall–Kier alpha value is -2.41. The molecule has 2 amide bonds. The van der Waals surface area contributed by atoms with Crippen molar-refractivity contribution < 1.29 is 14.3 Å². The summed E-state index contributed by atoms with van der Waals surface area (Å²) >= 11 is 0. The molecule has 1 fully saturated rings. The van der Waals surface area contributed by atoms with Crippen molar-refractivity contribution >= 4 is 17.5 Å². The molecule has 0 aliphatic carbocycles. The van der Waals surface area contributed by atoms with Gasteiger partial charge in [-0.15, -0.1) is 0 Å². The SMILES string of the molecule is COc1ccccc1CCN1CCC[C@H](CN(C)C(=O)C2=NNC(=O)CC2)C1. The van der Waals surface area contributed by atoms with Crippen molar-refractivity contribution in [3.05, 3.63) is 29.8 Å². The zero-order valence-electron chi connectivity index (χ0n) is 16.8. The van der Waals surface area contributed by atoms with Gasteiger partial charge in [-0.3, -0.25) is 9.59 Å². The summed E-state index contributed by atoms with van der Waals surface area (Å²) in [4.78, 5) is 28.0. The van der Waals surface area contributed by atoms with Gasteiger partial charge in [-0.2, -0.15) is 5.10 Å². The summed E-state index contributed by atoms with van der Waals surface area (Å²) in [6.45, 7) is 3.81. The monoisotopic (exact) mass is 386 g/mol. The third-order valence-corrected chi connectivity index (χ3v) is 5.52. The number of ether oxygens (including phenoxy) is 1. The second kappa shape index (κ2) is 9.68. The molecule has 0 unspecified atom stereocenters. The maximum absolute atomic E-state index is 12.6. The smallest absolute Gasteiger partial charge is 0.269 e. The number of likely N-dealkylation sites (tertiary alicyclic amines) is 1. The molecule has 2 heterocycles. The average Bonchev–Trinajstić information content (AvgIpc) is 2.72. The molecular formula is C21H30N4O3. The van der Waals surface area contributed by atoms with Crippen LogP contribution in [0.1, 0.15) is 31.2 Å². The summed E-state index contributed by atoms with van der Waals surface area (Å²) in [6, 6.07) is 8.17. The Morgan fingerprint density at radius 1 is 1.36 bits per heavy atom. The molecule has 2 aliphatic rings. The number of nitrogens with zero attached hydrogens (tertiary/aromatic N) is 3. The number of hydrogen-bond acceptors (Lipinski definition) is 5. The van der Waals surface area contributed by atoms with E-state index in [0.717, 1.165) is 51.2 Å². The molecule has 2 aliphatic heterocycles. The van der Waals surface area contributed by atoms with Gasteiger partial charge in [0.1, 0.15) is 11.5 Å². The van der Waals surface area contributed by atoms with E-state index in [9.17, 15) is 9.59 Å². The molecule has 1 atom stereocenters. The zero-order chi connectivity index (χ0) is 19.9. The number of hydrogen-bond donors (Lipinski definition) is 1. The molecule has 28 heavy (non-hydrogen) atoms. The quantitative estimate of drug-likeness (QED) is 0.774. The fourth-order valence-corrected chi connectivity index (χ4v) is 4.01. The third-order valence-electron chi connectivity index (χ3n) is 5.52. The first-order chi connectivity index (χ1) is 13.6. The van der Waals surface area contributed by atoms with E-state index in [2.05, 4.69) is 21.5 Å². The average molecular weight is 386 g/mol. The van der Waals surface area contributed by atoms with E-state index >= 15 is 0 Å². The van der Waals surface area contributed by atoms with Crippen LogP contribution in [0.4, 0.5) is 0 Å². The fraction of sp³-hybridized carbons (Fsp3) is 0.571. The van der Waals surface area contributed by atoms with Gasteiger partial charge < -0.3 is 14.5 Å². The van der Waals surface area contributed by atoms with Crippen LogP contribution in [0, 0.1) is 5.92 Å². The lowest BCUT2D eigenvalue weighted by Gasteiger charge is -2.35. The molecule has 0 saturated carbocycles. The van der Waals surface area contributed by atoms with Gasteiger partial charge >= 0.3 is 0 Å². The Balaban J connectivity index is 1.49. The highest BCUT2D eigenvalue weighted by Crippen LogP contribution is 2.21. The van der Waals surface area contributed by atoms with Gasteiger partial charge in [0.2, 0.25) is 5.91 Å². The summed E-state index contributed by atoms with van der Waals surface area (Å²) in [7, 11) is 3.54. The second-order valence-corrected chi connectivity index (χ2v) is 7.65. The molecule has 1 aromatic carbocycles. The summed E-state index contributed by atoms with van der Waals surface area (Å²) in [6.07, 6.45) is 3.99. The molecular weight excluding hydrogens is 356 g/mol. The molecule has 0 radical (unpaired) electrons. The lowest BCUT2D eigenvalue weighted by atomic mass is 9.96. The molecule has 7 heteroatoms. The Morgan fingerprint density at radius 3 is 2.93 bits per heavy atom. The van der Waals surface area contributed by atoms with E-state index in [1.54, 1.807) is 12.0 Å². The maximum Gasteiger partial charge on any atom is 0.269 e. The highest BCUT2D eigenvalue weighted by atomic mass is 16.5. The topological polar surface area (TPSA) is 74.2 Å². The molecule has 0 aromatic heterocycles. The number of rotatable bonds is 7. The fourth-order valence-electron chi connectivity index (χ4n) is 4.01. The van der Waals surface area contributed by atoms with E-state index in [0.29, 0.717) is 24.5 Å². The number of benzene rings is 1. The minimum absolute atomic E-state index is 0.0776. The standard InChI is InChI=1S/C21H30N4O3/c1-24(21(27)18-9-10-20(26)23-22-18)14-16-6-5-12-25(15-16)13-11-17-7-3-4-8-19(17)28-2/h3-4,7-8,16H,5-6,9-15H2,1-2H3,(H,23,26)/t16-/m1/s1. The number of hydrazone groups is 1. The zero-order valence-corrected chi connectivity index (χ0v) is 16.8. The molecule has 1 N–H and O–H groups in total. The second-order valence-electron chi connectivity index (χ2n) is 7.65. The first-order valence-corrected chi connectivity index (χ1v) is 10.0. The largest absolute Gasteiger partial charge is 0.496 e. The van der Waals surface area contributed by atoms with E-state index in [1.165, 1.54) is 5.56 Å². The summed E-state index contributed by atoms with van der Waals surface area (Å²) in [5, 5.41) is 3.92. The molecule has 1 saturated heterocycles. The lowest BCUT2D eigenvalue weighted by molar-refractivity contribution is -0.124. The van der Waals surface area contributed by atoms with E-state index in [-0.39, 0.29) is 11.8 Å². The van der Waals surface area contributed by atoms with Crippen LogP contribution in [0.5, 0.6) is 5.75 Å². The number of nitrogens with one attached hydrogen (secondary N) is 1. The van der Waals surface area contributed by atoms with Gasteiger partial charge in [-0.05, 0) is 43.4 Å². The minimum atomic E-state index is -0.128. The van der Waals surface area contributed by atoms with Crippen molar-refractivity contribution in [1.29, 1.82) is 0 Å². The predicted octanol–water partition coefficient (Wildman–Crippen LogP) is 1.67. The first-order valence-electron chi connectivity index (χ1n) is 10.0. The van der Waals surface area contributed by atoms with Crippen molar-refractivity contribution in [1.82, 2.24) is 15.2 Å². The van der Waals surface area contributed by atoms with Crippen LogP contribution in [0.3, 0.4) is 0 Å². The van der Waals surface area contributed by atoms with Crippen molar-refractivity contribution in [2.24, 2.45) is 11.0 Å². The van der Waals surface area contributed by atoms with Gasteiger partial charge in [-0.25, -0.2) is 5.43 Å². The van der Waals surface area contributed by atoms with Crippen molar-refractivity contribution in [3.63, 3.8) is 0 Å². The van der Waals surface area contributed by atoms with Gasteiger partial charge in [0.15, 0.2) is 0 Å². The maximum atomic E-state index is 12.6. The summed E-state index contributed by atoms with van der Waals surface area (Å²) in [5.41, 5.74) is 4.09. The Bertz CT molecular complexity index is 734. The Kier molecular flexibility index (Phi) is 7.03. The van der Waals surface area contributed by atoms with E-state index < -0.39 is 0 Å². The minimum Gasteiger partial charge on any atom is -0.496 e. The van der Waals surface area contributed by atoms with Crippen LogP contribution in [-0.4, -0.2) is 67.7 Å². The third kappa shape index (κ3) is 5.32. The Labute approximate surface area is 166 Å². The van der Waals surface area contributed by atoms with Crippen LogP contribution < -0.4 is 10.2 Å². The van der Waals surface area contributed by atoms with Crippen LogP contribution >= 0.6 is 0 Å². The van der Waals surface area contributed by atoms with E-state index in [4.69, 9.17) is 4.74 Å². The number of para-hydroxylation sites is 1. The number of piperidine rings is 1. The molecule has 1 aromatic rings. The molecule has 3 rings (SSSR count). The van der Waals surface area contributed by atoms with Gasteiger partial charge in [0, 0.05) is 39.5 Å². The van der Waals surface area contributed by atoms with Gasteiger partial charge in [-0.1, -0.05) is 18.2 Å². The van der Waals surface area contributed by atoms with Crippen molar-refractivity contribution in [3.8, 4) is 5.75 Å². The van der Waals surface area contributed by atoms with Gasteiger partial charge in [0.25, 0.3) is 5.91 Å². The number of amides is 2. The van der Waals surface area contributed by atoms with Crippen LogP contribution in [0.25, 0.3) is 0 Å². The van der Waals surface area contributed by atoms with Crippen LogP contribution in [0.2, 0.25) is 0 Å². The molecule has 0 bridgehead atoms. The van der Waals surface area contributed by atoms with E-state index in [1.807, 2.05) is 25.2 Å². The number of carbonyl (C=O) groups is 2. The Morgan fingerprint density at radius 2 is 2.18 bits per heavy atom. The van der Waals surface area contributed by atoms with Gasteiger partial charge in [0.05, 0.1) is 7.11 Å². The summed E-state index contributed by atoms with van der Waals surface area (Å²) in [5.74, 6) is 1.20. The lowest BCUT2D eigenvalue weighted by Crippen LogP contribution is -2.44. The van der Waals surface area contributed by atoms with Crippen LogP contribution in [0.15, 0.2) is 29.4 Å². The number of methoxy groups -OCH3 is 1. The number of carbonyl (C=O) groups excluding carboxylic acids is 2. The molecule has 0 spiro atoms. The summed E-state index contributed by atoms with van der Waals surface area (Å²) < 4.78 is 5.45. The predicted molar refractivity (Wildman–Crippen MR) is 108 cm³/mol. The highest BCUT2D eigenvalue weighted by Gasteiger charge is 2.26.